The van der Waals surface area contributed by atoms with Gasteiger partial charge in [0.15, 0.2) is 11.8 Å². The van der Waals surface area contributed by atoms with Crippen molar-refractivity contribution in [1.82, 2.24) is 25.4 Å². The first-order valence-corrected chi connectivity index (χ1v) is 9.32. The van der Waals surface area contributed by atoms with Crippen molar-refractivity contribution in [1.29, 1.82) is 0 Å². The fourth-order valence-corrected chi connectivity index (χ4v) is 3.01. The number of aliphatic imine (C=N–C) groups is 1. The molecule has 0 saturated heterocycles. The summed E-state index contributed by atoms with van der Waals surface area (Å²) in [6.45, 7) is 9.15. The highest BCUT2D eigenvalue weighted by Crippen LogP contribution is 2.17. The Labute approximate surface area is 154 Å². The van der Waals surface area contributed by atoms with Crippen LogP contribution in [0.5, 0.6) is 5.75 Å². The normalized spacial score (nSPS) is 14.8. The zero-order valence-electron chi connectivity index (χ0n) is 15.8. The molecule has 0 amide bonds. The maximum Gasteiger partial charge on any atom is 0.191 e. The topological polar surface area (TPSA) is 76.4 Å². The molecule has 1 aromatic heterocycles. The molecule has 0 saturated carbocycles. The van der Waals surface area contributed by atoms with E-state index < -0.39 is 0 Å². The summed E-state index contributed by atoms with van der Waals surface area (Å²) >= 11 is 0. The van der Waals surface area contributed by atoms with Gasteiger partial charge in [0, 0.05) is 19.5 Å². The van der Waals surface area contributed by atoms with Crippen molar-refractivity contribution in [2.75, 3.05) is 13.1 Å². The van der Waals surface area contributed by atoms with Gasteiger partial charge in [-0.05, 0) is 38.8 Å². The first-order chi connectivity index (χ1) is 12.7. The number of para-hydroxylation sites is 1. The van der Waals surface area contributed by atoms with Crippen molar-refractivity contribution in [2.45, 2.75) is 52.8 Å². The number of guanidine groups is 1. The Morgan fingerprint density at radius 1 is 1.31 bits per heavy atom. The molecule has 140 valence electrons. The van der Waals surface area contributed by atoms with E-state index in [1.807, 2.05) is 18.2 Å². The van der Waals surface area contributed by atoms with Gasteiger partial charge in [0.25, 0.3) is 0 Å². The second-order valence-electron chi connectivity index (χ2n) is 6.56. The molecule has 1 atom stereocenters. The number of nitrogens with one attached hydrogen (secondary N) is 2. The third-order valence-corrected chi connectivity index (χ3v) is 4.39. The highest BCUT2D eigenvalue weighted by molar-refractivity contribution is 5.79. The predicted octanol–water partition coefficient (Wildman–Crippen LogP) is 2.06. The highest BCUT2D eigenvalue weighted by Gasteiger charge is 2.16. The van der Waals surface area contributed by atoms with Gasteiger partial charge >= 0.3 is 0 Å². The average Bonchev–Trinajstić information content (AvgIpc) is 3.23. The monoisotopic (exact) mass is 356 g/mol. The number of aromatic nitrogens is 3. The third-order valence-electron chi connectivity index (χ3n) is 4.39. The first kappa shape index (κ1) is 18.2. The van der Waals surface area contributed by atoms with E-state index in [1.165, 1.54) is 0 Å². The maximum atomic E-state index is 6.01. The van der Waals surface area contributed by atoms with E-state index in [2.05, 4.69) is 57.2 Å². The molecule has 0 fully saturated rings. The van der Waals surface area contributed by atoms with Crippen molar-refractivity contribution in [3.05, 3.63) is 41.5 Å². The number of hydrogen-bond acceptors (Lipinski definition) is 4. The van der Waals surface area contributed by atoms with Gasteiger partial charge in [0.05, 0.1) is 6.54 Å². The van der Waals surface area contributed by atoms with Crippen LogP contribution in [0.4, 0.5) is 0 Å². The number of hydrogen-bond donors (Lipinski definition) is 2. The number of ether oxygens (including phenoxy) is 1. The molecular formula is C19H28N6O. The minimum Gasteiger partial charge on any atom is -0.489 e. The molecule has 1 unspecified atom stereocenters. The molecule has 2 N–H and O–H groups in total. The number of benzene rings is 1. The van der Waals surface area contributed by atoms with E-state index in [0.717, 1.165) is 54.9 Å². The van der Waals surface area contributed by atoms with Crippen molar-refractivity contribution >= 4 is 5.96 Å². The molecule has 26 heavy (non-hydrogen) atoms. The van der Waals surface area contributed by atoms with Crippen LogP contribution < -0.4 is 15.4 Å². The standard InChI is InChI=1S/C19H28N6O/c1-4-20-19(22-13-18-24-23-17-10-7-11-25(17)18)21-12-15(3)26-16-9-6-5-8-14(16)2/h5-6,8-9,15H,4,7,10-13H2,1-3H3,(H2,20,21,22). The summed E-state index contributed by atoms with van der Waals surface area (Å²) in [5.41, 5.74) is 1.14. The van der Waals surface area contributed by atoms with Crippen LogP contribution in [0.15, 0.2) is 29.3 Å². The Morgan fingerprint density at radius 3 is 2.96 bits per heavy atom. The summed E-state index contributed by atoms with van der Waals surface area (Å²) in [6, 6.07) is 8.06. The van der Waals surface area contributed by atoms with E-state index in [4.69, 9.17) is 4.74 Å². The van der Waals surface area contributed by atoms with Gasteiger partial charge in [-0.3, -0.25) is 0 Å². The van der Waals surface area contributed by atoms with Crippen LogP contribution in [-0.2, 0) is 19.5 Å². The van der Waals surface area contributed by atoms with Crippen molar-refractivity contribution in [3.63, 3.8) is 0 Å². The lowest BCUT2D eigenvalue weighted by Crippen LogP contribution is -2.41. The minimum atomic E-state index is 0.0253. The summed E-state index contributed by atoms with van der Waals surface area (Å²) in [6.07, 6.45) is 2.19. The Bertz CT molecular complexity index is 754. The summed E-state index contributed by atoms with van der Waals surface area (Å²) < 4.78 is 8.19. The fourth-order valence-electron chi connectivity index (χ4n) is 3.01. The smallest absolute Gasteiger partial charge is 0.191 e. The van der Waals surface area contributed by atoms with E-state index in [-0.39, 0.29) is 6.10 Å². The van der Waals surface area contributed by atoms with Gasteiger partial charge in [0.1, 0.15) is 24.2 Å². The van der Waals surface area contributed by atoms with Crippen LogP contribution in [0.25, 0.3) is 0 Å². The molecule has 7 heteroatoms. The second kappa shape index (κ2) is 8.69. The Morgan fingerprint density at radius 2 is 2.15 bits per heavy atom. The van der Waals surface area contributed by atoms with Crippen molar-refractivity contribution < 1.29 is 4.74 Å². The SMILES string of the molecule is CCNC(=NCc1nnc2n1CCC2)NCC(C)Oc1ccccc1C. The summed E-state index contributed by atoms with van der Waals surface area (Å²) in [4.78, 5) is 4.65. The molecule has 7 nitrogen and oxygen atoms in total. The van der Waals surface area contributed by atoms with Gasteiger partial charge in [-0.1, -0.05) is 18.2 Å². The number of rotatable bonds is 7. The lowest BCUT2D eigenvalue weighted by Gasteiger charge is -2.18. The third kappa shape index (κ3) is 4.53. The molecule has 0 aliphatic carbocycles. The van der Waals surface area contributed by atoms with Gasteiger partial charge in [-0.25, -0.2) is 4.99 Å². The maximum absolute atomic E-state index is 6.01. The van der Waals surface area contributed by atoms with Crippen molar-refractivity contribution in [2.24, 2.45) is 4.99 Å². The van der Waals surface area contributed by atoms with Crippen molar-refractivity contribution in [3.8, 4) is 5.75 Å². The highest BCUT2D eigenvalue weighted by atomic mass is 16.5. The van der Waals surface area contributed by atoms with Crippen LogP contribution >= 0.6 is 0 Å². The molecule has 0 bridgehead atoms. The van der Waals surface area contributed by atoms with Gasteiger partial charge in [-0.2, -0.15) is 0 Å². The van der Waals surface area contributed by atoms with Gasteiger partial charge in [-0.15, -0.1) is 10.2 Å². The van der Waals surface area contributed by atoms with Gasteiger partial charge < -0.3 is 19.9 Å². The molecule has 1 aromatic carbocycles. The fraction of sp³-hybridized carbons (Fsp3) is 0.526. The zero-order chi connectivity index (χ0) is 18.4. The second-order valence-corrected chi connectivity index (χ2v) is 6.56. The molecular weight excluding hydrogens is 328 g/mol. The number of fused-ring (bicyclic) bond motifs is 1. The van der Waals surface area contributed by atoms with Crippen LogP contribution in [0.2, 0.25) is 0 Å². The predicted molar refractivity (Wildman–Crippen MR) is 102 cm³/mol. The number of aryl methyl sites for hydroxylation is 2. The first-order valence-electron chi connectivity index (χ1n) is 9.32. The average molecular weight is 356 g/mol. The van der Waals surface area contributed by atoms with E-state index in [0.29, 0.717) is 13.1 Å². The molecule has 0 radical (unpaired) electrons. The molecule has 3 rings (SSSR count). The summed E-state index contributed by atoms with van der Waals surface area (Å²) in [5, 5.41) is 15.1. The molecule has 2 heterocycles. The molecule has 1 aliphatic rings. The minimum absolute atomic E-state index is 0.0253. The number of nitrogens with zero attached hydrogens (tertiary/aromatic N) is 4. The van der Waals surface area contributed by atoms with Crippen LogP contribution in [0.3, 0.4) is 0 Å². The molecule has 2 aromatic rings. The summed E-state index contributed by atoms with van der Waals surface area (Å²) in [7, 11) is 0. The summed E-state index contributed by atoms with van der Waals surface area (Å²) in [5.74, 6) is 3.69. The van der Waals surface area contributed by atoms with Crippen LogP contribution in [0, 0.1) is 6.92 Å². The van der Waals surface area contributed by atoms with Gasteiger partial charge in [0.2, 0.25) is 0 Å². The lowest BCUT2D eigenvalue weighted by molar-refractivity contribution is 0.222. The zero-order valence-corrected chi connectivity index (χ0v) is 15.8. The quantitative estimate of drug-likeness (QED) is 0.587. The van der Waals surface area contributed by atoms with E-state index in [9.17, 15) is 0 Å². The van der Waals surface area contributed by atoms with E-state index >= 15 is 0 Å². The van der Waals surface area contributed by atoms with Crippen LogP contribution in [-0.4, -0.2) is 39.9 Å². The Balaban J connectivity index is 1.55. The largest absolute Gasteiger partial charge is 0.489 e. The lowest BCUT2D eigenvalue weighted by atomic mass is 10.2. The Kier molecular flexibility index (Phi) is 6.09. The van der Waals surface area contributed by atoms with E-state index in [1.54, 1.807) is 0 Å². The molecule has 0 spiro atoms. The Hall–Kier alpha value is -2.57. The molecule has 1 aliphatic heterocycles. The van der Waals surface area contributed by atoms with Crippen LogP contribution in [0.1, 0.15) is 37.5 Å².